The van der Waals surface area contributed by atoms with E-state index in [9.17, 15) is 0 Å². The summed E-state index contributed by atoms with van der Waals surface area (Å²) in [6, 6.07) is 17.4. The Hall–Kier alpha value is -1.28. The van der Waals surface area contributed by atoms with E-state index in [1.807, 2.05) is 0 Å². The van der Waals surface area contributed by atoms with Gasteiger partial charge in [-0.25, -0.2) is 0 Å². The van der Waals surface area contributed by atoms with Crippen LogP contribution in [0.3, 0.4) is 0 Å². The Morgan fingerprint density at radius 2 is 1.83 bits per heavy atom. The Morgan fingerprint density at radius 3 is 2.50 bits per heavy atom. The highest BCUT2D eigenvalue weighted by molar-refractivity contribution is 9.10. The van der Waals surface area contributed by atoms with Crippen molar-refractivity contribution in [2.24, 2.45) is 0 Å². The maximum atomic E-state index is 3.54. The molecule has 0 aliphatic heterocycles. The molecule has 0 radical (unpaired) electrons. The zero-order chi connectivity index (χ0) is 13.0. The van der Waals surface area contributed by atoms with Gasteiger partial charge < -0.3 is 5.32 Å². The molecule has 1 N–H and O–H groups in total. The van der Waals surface area contributed by atoms with Crippen molar-refractivity contribution in [3.8, 4) is 0 Å². The van der Waals surface area contributed by atoms with E-state index in [4.69, 9.17) is 0 Å². The van der Waals surface area contributed by atoms with Crippen LogP contribution in [0.1, 0.15) is 31.0 Å². The number of rotatable bonds is 4. The number of halogens is 1. The van der Waals surface area contributed by atoms with E-state index in [0.717, 1.165) is 10.9 Å². The van der Waals surface area contributed by atoms with Crippen LogP contribution in [0, 0.1) is 0 Å². The van der Waals surface area contributed by atoms with E-state index in [0.29, 0.717) is 6.04 Å². The minimum atomic E-state index is 0.310. The van der Waals surface area contributed by atoms with Crippen molar-refractivity contribution in [1.82, 2.24) is 0 Å². The zero-order valence-corrected chi connectivity index (χ0v) is 12.4. The van der Waals surface area contributed by atoms with Crippen LogP contribution >= 0.6 is 15.9 Å². The fourth-order valence-electron chi connectivity index (χ4n) is 1.97. The molecule has 0 amide bonds. The molecule has 94 valence electrons. The maximum absolute atomic E-state index is 3.54. The highest BCUT2D eigenvalue weighted by Crippen LogP contribution is 2.21. The monoisotopic (exact) mass is 303 g/mol. The van der Waals surface area contributed by atoms with Crippen molar-refractivity contribution in [2.45, 2.75) is 26.3 Å². The lowest BCUT2D eigenvalue weighted by molar-refractivity contribution is 0.883. The molecular formula is C16H18BrN. The molecule has 1 unspecified atom stereocenters. The fourth-order valence-corrected chi connectivity index (χ4v) is 2.23. The lowest BCUT2D eigenvalue weighted by atomic mass is 10.1. The normalized spacial score (nSPS) is 12.2. The van der Waals surface area contributed by atoms with Gasteiger partial charge in [0.25, 0.3) is 0 Å². The van der Waals surface area contributed by atoms with Gasteiger partial charge in [0.15, 0.2) is 0 Å². The molecular weight excluding hydrogens is 286 g/mol. The van der Waals surface area contributed by atoms with Gasteiger partial charge >= 0.3 is 0 Å². The highest BCUT2D eigenvalue weighted by Gasteiger charge is 2.05. The third-order valence-corrected chi connectivity index (χ3v) is 3.62. The number of aryl methyl sites for hydroxylation is 1. The largest absolute Gasteiger partial charge is 0.379 e. The molecule has 0 saturated carbocycles. The summed E-state index contributed by atoms with van der Waals surface area (Å²) in [6.07, 6.45) is 1.07. The Labute approximate surface area is 117 Å². The van der Waals surface area contributed by atoms with Crippen LogP contribution in [-0.2, 0) is 6.42 Å². The van der Waals surface area contributed by atoms with Crippen LogP contribution in [0.15, 0.2) is 53.0 Å². The zero-order valence-electron chi connectivity index (χ0n) is 10.8. The smallest absolute Gasteiger partial charge is 0.0485 e. The minimum absolute atomic E-state index is 0.310. The van der Waals surface area contributed by atoms with E-state index >= 15 is 0 Å². The average Bonchev–Trinajstić information content (AvgIpc) is 2.39. The molecule has 18 heavy (non-hydrogen) atoms. The molecule has 2 aromatic carbocycles. The number of anilines is 1. The van der Waals surface area contributed by atoms with Crippen molar-refractivity contribution in [2.75, 3.05) is 5.32 Å². The van der Waals surface area contributed by atoms with Crippen LogP contribution in [0.5, 0.6) is 0 Å². The molecule has 0 heterocycles. The topological polar surface area (TPSA) is 12.0 Å². The molecule has 0 aliphatic carbocycles. The summed E-state index contributed by atoms with van der Waals surface area (Å²) in [5.41, 5.74) is 3.84. The quantitative estimate of drug-likeness (QED) is 0.820. The van der Waals surface area contributed by atoms with E-state index in [1.165, 1.54) is 16.8 Å². The number of hydrogen-bond acceptors (Lipinski definition) is 1. The summed E-state index contributed by atoms with van der Waals surface area (Å²) in [5, 5.41) is 3.54. The molecule has 1 nitrogen and oxygen atoms in total. The van der Waals surface area contributed by atoms with Gasteiger partial charge in [-0.1, -0.05) is 47.1 Å². The third kappa shape index (κ3) is 3.36. The van der Waals surface area contributed by atoms with Crippen molar-refractivity contribution in [3.63, 3.8) is 0 Å². The van der Waals surface area contributed by atoms with Crippen molar-refractivity contribution in [3.05, 3.63) is 64.1 Å². The molecule has 0 spiro atoms. The molecule has 2 aromatic rings. The van der Waals surface area contributed by atoms with Crippen molar-refractivity contribution >= 4 is 21.6 Å². The second-order valence-corrected chi connectivity index (χ2v) is 5.39. The first-order valence-corrected chi connectivity index (χ1v) is 7.09. The molecule has 2 rings (SSSR count). The number of benzene rings is 2. The molecule has 2 heteroatoms. The Balaban J connectivity index is 2.10. The van der Waals surface area contributed by atoms with Gasteiger partial charge in [-0.3, -0.25) is 0 Å². The van der Waals surface area contributed by atoms with Crippen LogP contribution < -0.4 is 5.32 Å². The summed E-state index contributed by atoms with van der Waals surface area (Å²) in [4.78, 5) is 0. The average molecular weight is 304 g/mol. The highest BCUT2D eigenvalue weighted by atomic mass is 79.9. The van der Waals surface area contributed by atoms with E-state index in [-0.39, 0.29) is 0 Å². The third-order valence-electron chi connectivity index (χ3n) is 3.09. The van der Waals surface area contributed by atoms with E-state index in [1.54, 1.807) is 0 Å². The van der Waals surface area contributed by atoms with Gasteiger partial charge in [0.05, 0.1) is 0 Å². The standard InChI is InChI=1S/C16H18BrN/c1-3-13-5-4-6-16(11-13)18-12(2)14-7-9-15(17)10-8-14/h4-12,18H,3H2,1-2H3. The second-order valence-electron chi connectivity index (χ2n) is 4.47. The van der Waals surface area contributed by atoms with Gasteiger partial charge in [-0.2, -0.15) is 0 Å². The predicted octanol–water partition coefficient (Wildman–Crippen LogP) is 5.18. The Kier molecular flexibility index (Phi) is 4.43. The summed E-state index contributed by atoms with van der Waals surface area (Å²) in [6.45, 7) is 4.36. The van der Waals surface area contributed by atoms with E-state index < -0.39 is 0 Å². The maximum Gasteiger partial charge on any atom is 0.0485 e. The van der Waals surface area contributed by atoms with Crippen LogP contribution in [0.2, 0.25) is 0 Å². The Bertz CT molecular complexity index is 505. The predicted molar refractivity (Wildman–Crippen MR) is 82.0 cm³/mol. The van der Waals surface area contributed by atoms with E-state index in [2.05, 4.69) is 83.6 Å². The molecule has 0 aromatic heterocycles. The van der Waals surface area contributed by atoms with Crippen LogP contribution in [0.4, 0.5) is 5.69 Å². The molecule has 0 bridgehead atoms. The van der Waals surface area contributed by atoms with Crippen LogP contribution in [0.25, 0.3) is 0 Å². The first-order chi connectivity index (χ1) is 8.69. The van der Waals surface area contributed by atoms with Crippen molar-refractivity contribution < 1.29 is 0 Å². The molecule has 0 saturated heterocycles. The first kappa shape index (κ1) is 13.2. The van der Waals surface area contributed by atoms with Gasteiger partial charge in [0, 0.05) is 16.2 Å². The lowest BCUT2D eigenvalue weighted by Crippen LogP contribution is -2.06. The lowest BCUT2D eigenvalue weighted by Gasteiger charge is -2.16. The number of hydrogen-bond donors (Lipinski definition) is 1. The minimum Gasteiger partial charge on any atom is -0.379 e. The van der Waals surface area contributed by atoms with Gasteiger partial charge in [0.2, 0.25) is 0 Å². The Morgan fingerprint density at radius 1 is 1.11 bits per heavy atom. The van der Waals surface area contributed by atoms with Gasteiger partial charge in [-0.15, -0.1) is 0 Å². The second kappa shape index (κ2) is 6.05. The molecule has 0 aliphatic rings. The summed E-state index contributed by atoms with van der Waals surface area (Å²) in [5.74, 6) is 0. The first-order valence-electron chi connectivity index (χ1n) is 6.30. The summed E-state index contributed by atoms with van der Waals surface area (Å²) >= 11 is 3.46. The number of nitrogens with one attached hydrogen (secondary N) is 1. The van der Waals surface area contributed by atoms with Crippen molar-refractivity contribution in [1.29, 1.82) is 0 Å². The van der Waals surface area contributed by atoms with Crippen LogP contribution in [-0.4, -0.2) is 0 Å². The molecule has 1 atom stereocenters. The summed E-state index contributed by atoms with van der Waals surface area (Å²) in [7, 11) is 0. The molecule has 0 fully saturated rings. The summed E-state index contributed by atoms with van der Waals surface area (Å²) < 4.78 is 1.12. The van der Waals surface area contributed by atoms with Gasteiger partial charge in [0.1, 0.15) is 0 Å². The SMILES string of the molecule is CCc1cccc(NC(C)c2ccc(Br)cc2)c1. The fraction of sp³-hybridized carbons (Fsp3) is 0.250. The van der Waals surface area contributed by atoms with Gasteiger partial charge in [-0.05, 0) is 48.7 Å².